The summed E-state index contributed by atoms with van der Waals surface area (Å²) < 4.78 is 98.4. The fourth-order valence-electron chi connectivity index (χ4n) is 2.50. The quantitative estimate of drug-likeness (QED) is 0.457. The Balaban J connectivity index is 1.63. The summed E-state index contributed by atoms with van der Waals surface area (Å²) in [5, 5.41) is 2.64. The van der Waals surface area contributed by atoms with Crippen molar-refractivity contribution in [2.75, 3.05) is 5.32 Å². The summed E-state index contributed by atoms with van der Waals surface area (Å²) in [5.41, 5.74) is -5.32. The van der Waals surface area contributed by atoms with Crippen LogP contribution in [0.25, 0.3) is 10.4 Å². The highest BCUT2D eigenvalue weighted by atomic mass is 32.2. The van der Waals surface area contributed by atoms with Crippen LogP contribution in [0.5, 0.6) is 0 Å². The number of carbonyl (C=O) groups excluding carboxylic acids is 1. The number of hydrogen-bond acceptors (Lipinski definition) is 5. The van der Waals surface area contributed by atoms with Crippen molar-refractivity contribution in [3.05, 3.63) is 70.9 Å². The van der Waals surface area contributed by atoms with Crippen molar-refractivity contribution in [2.45, 2.75) is 18.2 Å². The molecule has 2 N–H and O–H groups in total. The van der Waals surface area contributed by atoms with Gasteiger partial charge in [-0.3, -0.25) is 4.79 Å². The van der Waals surface area contributed by atoms with Gasteiger partial charge >= 0.3 is 21.7 Å². The maximum absolute atomic E-state index is 12.6. The Labute approximate surface area is 187 Å². The minimum Gasteiger partial charge on any atom is -0.322 e. The molecule has 0 saturated heterocycles. The molecule has 2 aromatic carbocycles. The zero-order valence-electron chi connectivity index (χ0n) is 16.2. The molecule has 33 heavy (non-hydrogen) atoms. The largest absolute Gasteiger partial charge is 0.511 e. The lowest BCUT2D eigenvalue weighted by atomic mass is 10.1. The number of alkyl halides is 6. The molecule has 0 saturated carbocycles. The molecule has 0 bridgehead atoms. The third kappa shape index (κ3) is 6.09. The van der Waals surface area contributed by atoms with Gasteiger partial charge in [0.05, 0.1) is 17.0 Å². The van der Waals surface area contributed by atoms with E-state index in [0.29, 0.717) is 16.1 Å². The molecule has 0 unspecified atom stereocenters. The van der Waals surface area contributed by atoms with Crippen molar-refractivity contribution in [3.63, 3.8) is 0 Å². The van der Waals surface area contributed by atoms with Crippen LogP contribution in [0.4, 0.5) is 32.0 Å². The predicted octanol–water partition coefficient (Wildman–Crippen LogP) is 5.02. The highest BCUT2D eigenvalue weighted by Gasteiger charge is 2.45. The summed E-state index contributed by atoms with van der Waals surface area (Å²) in [4.78, 5) is 16.6. The molecule has 0 spiro atoms. The number of halogens is 6. The lowest BCUT2D eigenvalue weighted by Gasteiger charge is -2.09. The van der Waals surface area contributed by atoms with Crippen molar-refractivity contribution in [1.82, 2.24) is 9.71 Å². The van der Waals surface area contributed by atoms with Crippen LogP contribution in [0.15, 0.2) is 54.7 Å². The maximum Gasteiger partial charge on any atom is 0.511 e. The molecule has 1 heterocycles. The molecule has 0 fully saturated rings. The van der Waals surface area contributed by atoms with E-state index in [9.17, 15) is 39.6 Å². The lowest BCUT2D eigenvalue weighted by molar-refractivity contribution is -0.137. The number of benzene rings is 2. The first kappa shape index (κ1) is 24.7. The van der Waals surface area contributed by atoms with Crippen molar-refractivity contribution >= 4 is 33.0 Å². The van der Waals surface area contributed by atoms with E-state index in [1.54, 1.807) is 12.1 Å². The molecule has 0 atom stereocenters. The van der Waals surface area contributed by atoms with Crippen LogP contribution in [0.1, 0.15) is 20.9 Å². The van der Waals surface area contributed by atoms with E-state index in [2.05, 4.69) is 10.3 Å². The Morgan fingerprint density at radius 1 is 0.939 bits per heavy atom. The summed E-state index contributed by atoms with van der Waals surface area (Å²) in [5.74, 6) is -0.617. The molecule has 176 valence electrons. The maximum atomic E-state index is 12.6. The van der Waals surface area contributed by atoms with Crippen LogP contribution < -0.4 is 10.0 Å². The Morgan fingerprint density at radius 2 is 1.55 bits per heavy atom. The first-order valence-electron chi connectivity index (χ1n) is 8.86. The standard InChI is InChI=1S/C19H13F6N3O3S2/c20-18(21,22)13-5-1-12(2-6-13)17(29)28-14-7-3-11(4-8-14)15-9-26-16(32-15)10-27-33(30,31)19(23,24)25/h1-9,27H,10H2,(H,28,29). The summed E-state index contributed by atoms with van der Waals surface area (Å²) in [7, 11) is -5.48. The van der Waals surface area contributed by atoms with Crippen molar-refractivity contribution in [3.8, 4) is 10.4 Å². The minimum atomic E-state index is -5.48. The highest BCUT2D eigenvalue weighted by molar-refractivity contribution is 7.90. The van der Waals surface area contributed by atoms with Gasteiger partial charge in [0.25, 0.3) is 5.91 Å². The number of amides is 1. The number of aromatic nitrogens is 1. The molecule has 3 rings (SSSR count). The first-order chi connectivity index (χ1) is 15.3. The minimum absolute atomic E-state index is 0.0282. The smallest absolute Gasteiger partial charge is 0.322 e. The molecule has 3 aromatic rings. The van der Waals surface area contributed by atoms with E-state index in [1.165, 1.54) is 23.1 Å². The number of nitrogens with one attached hydrogen (secondary N) is 2. The van der Waals surface area contributed by atoms with E-state index in [1.807, 2.05) is 0 Å². The summed E-state index contributed by atoms with van der Waals surface area (Å²) in [6.45, 7) is -0.631. The molecular formula is C19H13F6N3O3S2. The molecule has 14 heteroatoms. The van der Waals surface area contributed by atoms with E-state index >= 15 is 0 Å². The van der Waals surface area contributed by atoms with Crippen LogP contribution in [-0.2, 0) is 22.7 Å². The fraction of sp³-hybridized carbons (Fsp3) is 0.158. The van der Waals surface area contributed by atoms with Crippen LogP contribution >= 0.6 is 11.3 Å². The molecule has 0 aliphatic carbocycles. The zero-order chi connectivity index (χ0) is 24.4. The van der Waals surface area contributed by atoms with Crippen molar-refractivity contribution < 1.29 is 39.6 Å². The average Bonchev–Trinajstić information content (AvgIpc) is 3.21. The average molecular weight is 509 g/mol. The third-order valence-corrected chi connectivity index (χ3v) is 6.35. The number of nitrogens with zero attached hydrogens (tertiary/aromatic N) is 1. The van der Waals surface area contributed by atoms with Gasteiger partial charge in [0.2, 0.25) is 0 Å². The molecule has 1 amide bonds. The second-order valence-corrected chi connectivity index (χ2v) is 9.37. The SMILES string of the molecule is O=C(Nc1ccc(-c2cnc(CNS(=O)(=O)C(F)(F)F)s2)cc1)c1ccc(C(F)(F)F)cc1. The van der Waals surface area contributed by atoms with Gasteiger partial charge in [0.1, 0.15) is 5.01 Å². The summed E-state index contributed by atoms with van der Waals surface area (Å²) in [6.07, 6.45) is -3.15. The topological polar surface area (TPSA) is 88.2 Å². The summed E-state index contributed by atoms with van der Waals surface area (Å²) in [6, 6.07) is 9.91. The van der Waals surface area contributed by atoms with Crippen molar-refractivity contribution in [2.24, 2.45) is 0 Å². The number of anilines is 1. The zero-order valence-corrected chi connectivity index (χ0v) is 17.8. The summed E-state index contributed by atoms with van der Waals surface area (Å²) >= 11 is 0.973. The molecular weight excluding hydrogens is 496 g/mol. The normalized spacial score (nSPS) is 12.5. The van der Waals surface area contributed by atoms with Crippen LogP contribution in [-0.4, -0.2) is 24.8 Å². The van der Waals surface area contributed by atoms with Gasteiger partial charge in [-0.15, -0.1) is 11.3 Å². The van der Waals surface area contributed by atoms with Crippen LogP contribution in [0.3, 0.4) is 0 Å². The van der Waals surface area contributed by atoms with E-state index in [4.69, 9.17) is 0 Å². The Hall–Kier alpha value is -2.97. The Morgan fingerprint density at radius 3 is 2.09 bits per heavy atom. The van der Waals surface area contributed by atoms with E-state index in [0.717, 1.165) is 35.6 Å². The number of hydrogen-bond donors (Lipinski definition) is 2. The van der Waals surface area contributed by atoms with Gasteiger partial charge in [-0.05, 0) is 42.0 Å². The predicted molar refractivity (Wildman–Crippen MR) is 109 cm³/mol. The van der Waals surface area contributed by atoms with Gasteiger partial charge in [-0.2, -0.15) is 26.3 Å². The fourth-order valence-corrected chi connectivity index (χ4v) is 3.94. The molecule has 6 nitrogen and oxygen atoms in total. The van der Waals surface area contributed by atoms with Gasteiger partial charge < -0.3 is 5.32 Å². The van der Waals surface area contributed by atoms with Crippen LogP contribution in [0.2, 0.25) is 0 Å². The molecule has 0 aliphatic heterocycles. The molecule has 0 radical (unpaired) electrons. The highest BCUT2D eigenvalue weighted by Crippen LogP contribution is 2.30. The monoisotopic (exact) mass is 509 g/mol. The number of sulfonamides is 1. The third-order valence-electron chi connectivity index (χ3n) is 4.17. The molecule has 1 aromatic heterocycles. The first-order valence-corrected chi connectivity index (χ1v) is 11.2. The van der Waals surface area contributed by atoms with Gasteiger partial charge in [0, 0.05) is 17.4 Å². The second kappa shape index (κ2) is 9.11. The van der Waals surface area contributed by atoms with Gasteiger partial charge in [-0.1, -0.05) is 12.1 Å². The van der Waals surface area contributed by atoms with E-state index in [-0.39, 0.29) is 10.6 Å². The van der Waals surface area contributed by atoms with Crippen LogP contribution in [0, 0.1) is 0 Å². The number of thiazole rings is 1. The van der Waals surface area contributed by atoms with Gasteiger partial charge in [0.15, 0.2) is 0 Å². The second-order valence-electron chi connectivity index (χ2n) is 6.50. The number of carbonyl (C=O) groups is 1. The molecule has 0 aliphatic rings. The number of rotatable bonds is 6. The Kier molecular flexibility index (Phi) is 6.81. The van der Waals surface area contributed by atoms with Gasteiger partial charge in [-0.25, -0.2) is 18.1 Å². The lowest BCUT2D eigenvalue weighted by Crippen LogP contribution is -2.35. The van der Waals surface area contributed by atoms with Crippen molar-refractivity contribution in [1.29, 1.82) is 0 Å². The van der Waals surface area contributed by atoms with E-state index < -0.39 is 39.7 Å². The Bertz CT molecular complexity index is 1240.